The molecule has 1 heterocycles. The van der Waals surface area contributed by atoms with Crippen LogP contribution in [-0.4, -0.2) is 46.9 Å². The molecule has 2 rings (SSSR count). The SMILES string of the molecule is CCOC(=O)c1cnn(C)c1CN(C)C(CN)C1CC1. The first-order valence-corrected chi connectivity index (χ1v) is 7.16. The zero-order valence-electron chi connectivity index (χ0n) is 12.5. The van der Waals surface area contributed by atoms with E-state index in [4.69, 9.17) is 10.5 Å². The Labute approximate surface area is 119 Å². The second-order valence-electron chi connectivity index (χ2n) is 5.40. The standard InChI is InChI=1S/C14H24N4O2/c1-4-20-14(19)11-8-16-18(3)13(11)9-17(2)12(7-15)10-5-6-10/h8,10,12H,4-7,9,15H2,1-3H3. The van der Waals surface area contributed by atoms with E-state index in [1.807, 2.05) is 7.05 Å². The van der Waals surface area contributed by atoms with E-state index in [1.54, 1.807) is 17.8 Å². The van der Waals surface area contributed by atoms with Gasteiger partial charge in [-0.25, -0.2) is 4.79 Å². The van der Waals surface area contributed by atoms with Crippen molar-refractivity contribution in [3.8, 4) is 0 Å². The normalized spacial score (nSPS) is 16.4. The first-order valence-electron chi connectivity index (χ1n) is 7.16. The molecule has 112 valence electrons. The molecule has 0 aliphatic heterocycles. The number of ether oxygens (including phenoxy) is 1. The van der Waals surface area contributed by atoms with Crippen LogP contribution in [0, 0.1) is 5.92 Å². The van der Waals surface area contributed by atoms with Crippen LogP contribution in [0.15, 0.2) is 6.20 Å². The third kappa shape index (κ3) is 3.19. The Bertz CT molecular complexity index is 468. The molecule has 6 nitrogen and oxygen atoms in total. The Balaban J connectivity index is 2.11. The maximum atomic E-state index is 11.9. The topological polar surface area (TPSA) is 73.4 Å². The minimum absolute atomic E-state index is 0.306. The lowest BCUT2D eigenvalue weighted by atomic mass is 10.1. The molecular formula is C14H24N4O2. The van der Waals surface area contributed by atoms with Gasteiger partial charge in [-0.3, -0.25) is 9.58 Å². The highest BCUT2D eigenvalue weighted by atomic mass is 16.5. The summed E-state index contributed by atoms with van der Waals surface area (Å²) in [4.78, 5) is 14.1. The minimum atomic E-state index is -0.306. The van der Waals surface area contributed by atoms with Crippen molar-refractivity contribution in [3.05, 3.63) is 17.5 Å². The van der Waals surface area contributed by atoms with Crippen LogP contribution in [0.2, 0.25) is 0 Å². The van der Waals surface area contributed by atoms with Crippen molar-refractivity contribution >= 4 is 5.97 Å². The molecule has 0 amide bonds. The Morgan fingerprint density at radius 2 is 2.35 bits per heavy atom. The smallest absolute Gasteiger partial charge is 0.341 e. The molecule has 0 radical (unpaired) electrons. The van der Waals surface area contributed by atoms with Crippen molar-refractivity contribution in [2.75, 3.05) is 20.2 Å². The number of carbonyl (C=O) groups is 1. The summed E-state index contributed by atoms with van der Waals surface area (Å²) >= 11 is 0. The highest BCUT2D eigenvalue weighted by Gasteiger charge is 2.33. The highest BCUT2D eigenvalue weighted by molar-refractivity contribution is 5.90. The van der Waals surface area contributed by atoms with E-state index >= 15 is 0 Å². The van der Waals surface area contributed by atoms with Gasteiger partial charge in [-0.1, -0.05) is 0 Å². The van der Waals surface area contributed by atoms with Crippen molar-refractivity contribution in [2.45, 2.75) is 32.4 Å². The Hall–Kier alpha value is -1.40. The second kappa shape index (κ2) is 6.37. The van der Waals surface area contributed by atoms with E-state index in [0.717, 1.165) is 5.69 Å². The first kappa shape index (κ1) is 15.0. The zero-order valence-corrected chi connectivity index (χ0v) is 12.5. The lowest BCUT2D eigenvalue weighted by Gasteiger charge is -2.27. The van der Waals surface area contributed by atoms with E-state index in [0.29, 0.717) is 37.2 Å². The van der Waals surface area contributed by atoms with Crippen LogP contribution in [0.5, 0.6) is 0 Å². The van der Waals surface area contributed by atoms with Crippen molar-refractivity contribution in [2.24, 2.45) is 18.7 Å². The summed E-state index contributed by atoms with van der Waals surface area (Å²) < 4.78 is 6.81. The second-order valence-corrected chi connectivity index (χ2v) is 5.40. The summed E-state index contributed by atoms with van der Waals surface area (Å²) in [5.41, 5.74) is 7.30. The van der Waals surface area contributed by atoms with Gasteiger partial charge in [0.2, 0.25) is 0 Å². The average Bonchev–Trinajstić information content (AvgIpc) is 3.17. The highest BCUT2D eigenvalue weighted by Crippen LogP contribution is 2.35. The summed E-state index contributed by atoms with van der Waals surface area (Å²) in [6.07, 6.45) is 4.08. The summed E-state index contributed by atoms with van der Waals surface area (Å²) in [6, 6.07) is 0.375. The number of nitrogens with two attached hydrogens (primary N) is 1. The molecule has 20 heavy (non-hydrogen) atoms. The maximum absolute atomic E-state index is 11.9. The third-order valence-corrected chi connectivity index (χ3v) is 3.93. The average molecular weight is 280 g/mol. The van der Waals surface area contributed by atoms with E-state index in [-0.39, 0.29) is 5.97 Å². The number of hydrogen-bond donors (Lipinski definition) is 1. The Kier molecular flexibility index (Phi) is 4.77. The van der Waals surface area contributed by atoms with E-state index in [2.05, 4.69) is 17.0 Å². The number of aryl methyl sites for hydroxylation is 1. The molecule has 2 N–H and O–H groups in total. The molecule has 0 saturated heterocycles. The summed E-state index contributed by atoms with van der Waals surface area (Å²) in [5, 5.41) is 4.18. The van der Waals surface area contributed by atoms with Crippen molar-refractivity contribution in [1.82, 2.24) is 14.7 Å². The number of hydrogen-bond acceptors (Lipinski definition) is 5. The van der Waals surface area contributed by atoms with Crippen LogP contribution in [0.25, 0.3) is 0 Å². The van der Waals surface area contributed by atoms with Crippen LogP contribution in [0.1, 0.15) is 35.8 Å². The van der Waals surface area contributed by atoms with E-state index in [1.165, 1.54) is 12.8 Å². The lowest BCUT2D eigenvalue weighted by molar-refractivity contribution is 0.0523. The van der Waals surface area contributed by atoms with Gasteiger partial charge in [0.1, 0.15) is 5.56 Å². The van der Waals surface area contributed by atoms with Crippen LogP contribution >= 0.6 is 0 Å². The number of rotatable bonds is 7. The van der Waals surface area contributed by atoms with Crippen LogP contribution in [-0.2, 0) is 18.3 Å². The Morgan fingerprint density at radius 3 is 2.90 bits per heavy atom. The fraction of sp³-hybridized carbons (Fsp3) is 0.714. The Morgan fingerprint density at radius 1 is 1.65 bits per heavy atom. The van der Waals surface area contributed by atoms with Crippen molar-refractivity contribution in [3.63, 3.8) is 0 Å². The van der Waals surface area contributed by atoms with Gasteiger partial charge in [0.25, 0.3) is 0 Å². The fourth-order valence-corrected chi connectivity index (χ4v) is 2.60. The number of carbonyl (C=O) groups excluding carboxylic acids is 1. The molecule has 0 spiro atoms. The monoisotopic (exact) mass is 280 g/mol. The molecule has 1 aromatic heterocycles. The number of nitrogens with zero attached hydrogens (tertiary/aromatic N) is 3. The first-order chi connectivity index (χ1) is 9.58. The number of likely N-dealkylation sites (N-methyl/N-ethyl adjacent to an activating group) is 1. The molecule has 0 aromatic carbocycles. The van der Waals surface area contributed by atoms with Gasteiger partial charge in [-0.15, -0.1) is 0 Å². The molecule has 1 unspecified atom stereocenters. The van der Waals surface area contributed by atoms with Gasteiger partial charge in [-0.2, -0.15) is 5.10 Å². The van der Waals surface area contributed by atoms with Gasteiger partial charge in [0, 0.05) is 26.2 Å². The molecule has 0 bridgehead atoms. The minimum Gasteiger partial charge on any atom is -0.462 e. The molecule has 1 aromatic rings. The summed E-state index contributed by atoms with van der Waals surface area (Å²) in [6.45, 7) is 3.48. The van der Waals surface area contributed by atoms with Crippen molar-refractivity contribution < 1.29 is 9.53 Å². The molecule has 1 aliphatic rings. The molecule has 1 saturated carbocycles. The predicted octanol–water partition coefficient (Wildman–Crippen LogP) is 0.766. The zero-order chi connectivity index (χ0) is 14.7. The maximum Gasteiger partial charge on any atom is 0.341 e. The van der Waals surface area contributed by atoms with E-state index < -0.39 is 0 Å². The summed E-state index contributed by atoms with van der Waals surface area (Å²) in [7, 11) is 3.90. The van der Waals surface area contributed by atoms with Crippen LogP contribution in [0.3, 0.4) is 0 Å². The van der Waals surface area contributed by atoms with Gasteiger partial charge in [0.05, 0.1) is 18.5 Å². The van der Waals surface area contributed by atoms with Gasteiger partial charge in [0.15, 0.2) is 0 Å². The van der Waals surface area contributed by atoms with Gasteiger partial charge < -0.3 is 10.5 Å². The van der Waals surface area contributed by atoms with Crippen LogP contribution in [0.4, 0.5) is 0 Å². The predicted molar refractivity (Wildman–Crippen MR) is 76.2 cm³/mol. The van der Waals surface area contributed by atoms with Crippen LogP contribution < -0.4 is 5.73 Å². The third-order valence-electron chi connectivity index (χ3n) is 3.93. The molecular weight excluding hydrogens is 256 g/mol. The largest absolute Gasteiger partial charge is 0.462 e. The molecule has 1 aliphatic carbocycles. The quantitative estimate of drug-likeness (QED) is 0.747. The molecule has 1 atom stereocenters. The van der Waals surface area contributed by atoms with E-state index in [9.17, 15) is 4.79 Å². The van der Waals surface area contributed by atoms with Gasteiger partial charge >= 0.3 is 5.97 Å². The summed E-state index contributed by atoms with van der Waals surface area (Å²) in [5.74, 6) is 0.393. The number of esters is 1. The lowest BCUT2D eigenvalue weighted by Crippen LogP contribution is -2.39. The number of aromatic nitrogens is 2. The van der Waals surface area contributed by atoms with Gasteiger partial charge in [-0.05, 0) is 32.7 Å². The fourth-order valence-electron chi connectivity index (χ4n) is 2.60. The molecule has 6 heteroatoms. The molecule has 1 fully saturated rings. The van der Waals surface area contributed by atoms with Crippen molar-refractivity contribution in [1.29, 1.82) is 0 Å².